The number of aromatic amines is 1. The van der Waals surface area contributed by atoms with Gasteiger partial charge in [-0.25, -0.2) is 5.43 Å². The van der Waals surface area contributed by atoms with Crippen LogP contribution in [-0.4, -0.2) is 29.4 Å². The van der Waals surface area contributed by atoms with Gasteiger partial charge in [-0.15, -0.1) is 0 Å². The van der Waals surface area contributed by atoms with Gasteiger partial charge in [-0.05, 0) is 29.8 Å². The first-order chi connectivity index (χ1) is 14.2. The number of aryl methyl sites for hydroxylation is 1. The number of benzene rings is 3. The van der Waals surface area contributed by atoms with E-state index in [9.17, 15) is 4.79 Å². The predicted molar refractivity (Wildman–Crippen MR) is 114 cm³/mol. The quantitative estimate of drug-likeness (QED) is 0.397. The van der Waals surface area contributed by atoms with E-state index in [-0.39, 0.29) is 5.91 Å². The topological polar surface area (TPSA) is 79.4 Å². The minimum absolute atomic E-state index is 0.336. The lowest BCUT2D eigenvalue weighted by Gasteiger charge is -2.08. The maximum Gasteiger partial charge on any atom is 0.289 e. The van der Waals surface area contributed by atoms with E-state index in [2.05, 4.69) is 20.7 Å². The predicted octanol–water partition coefficient (Wildman–Crippen LogP) is 4.31. The average molecular weight is 384 g/mol. The third-order valence-corrected chi connectivity index (χ3v) is 4.68. The number of amides is 1. The fourth-order valence-corrected chi connectivity index (χ4v) is 3.11. The van der Waals surface area contributed by atoms with Crippen LogP contribution in [0.5, 0.6) is 5.75 Å². The molecule has 0 fully saturated rings. The second-order valence-corrected chi connectivity index (χ2v) is 6.63. The van der Waals surface area contributed by atoms with Crippen LogP contribution in [-0.2, 0) is 0 Å². The molecule has 0 aliphatic rings. The number of aromatic nitrogens is 2. The lowest BCUT2D eigenvalue weighted by Crippen LogP contribution is -2.18. The summed E-state index contributed by atoms with van der Waals surface area (Å²) < 4.78 is 5.44. The molecule has 1 aromatic heterocycles. The van der Waals surface area contributed by atoms with Crippen molar-refractivity contribution in [1.29, 1.82) is 0 Å². The van der Waals surface area contributed by atoms with Crippen molar-refractivity contribution in [3.63, 3.8) is 0 Å². The molecular formula is C23H20N4O2. The summed E-state index contributed by atoms with van der Waals surface area (Å²) in [6, 6.07) is 21.5. The molecule has 0 atom stereocenters. The fraction of sp³-hybridized carbons (Fsp3) is 0.0870. The first-order valence-electron chi connectivity index (χ1n) is 9.17. The molecular weight excluding hydrogens is 364 g/mol. The molecule has 1 amide bonds. The van der Waals surface area contributed by atoms with Gasteiger partial charge in [0.1, 0.15) is 11.4 Å². The molecule has 0 spiro atoms. The number of nitrogens with zero attached hydrogens (tertiary/aromatic N) is 2. The van der Waals surface area contributed by atoms with Crippen molar-refractivity contribution in [3.8, 4) is 17.0 Å². The number of nitrogens with one attached hydrogen (secondary N) is 2. The van der Waals surface area contributed by atoms with E-state index in [0.29, 0.717) is 17.1 Å². The summed E-state index contributed by atoms with van der Waals surface area (Å²) in [7, 11) is 1.61. The molecule has 6 nitrogen and oxygen atoms in total. The van der Waals surface area contributed by atoms with Crippen LogP contribution in [0.25, 0.3) is 22.0 Å². The van der Waals surface area contributed by atoms with Crippen molar-refractivity contribution in [3.05, 3.63) is 83.6 Å². The van der Waals surface area contributed by atoms with Gasteiger partial charge in [0.15, 0.2) is 0 Å². The third kappa shape index (κ3) is 3.87. The Hall–Kier alpha value is -3.93. The monoisotopic (exact) mass is 384 g/mol. The van der Waals surface area contributed by atoms with Gasteiger partial charge in [0.2, 0.25) is 0 Å². The molecule has 4 aromatic rings. The Kier molecular flexibility index (Phi) is 5.07. The van der Waals surface area contributed by atoms with Crippen LogP contribution in [0.2, 0.25) is 0 Å². The average Bonchev–Trinajstić information content (AvgIpc) is 3.24. The maximum atomic E-state index is 12.4. The second-order valence-electron chi connectivity index (χ2n) is 6.63. The summed E-state index contributed by atoms with van der Waals surface area (Å²) in [6.07, 6.45) is 1.59. The van der Waals surface area contributed by atoms with Gasteiger partial charge in [-0.2, -0.15) is 10.2 Å². The Morgan fingerprint density at radius 1 is 1.10 bits per heavy atom. The number of carbonyl (C=O) groups excluding carboxylic acids is 1. The molecule has 1 heterocycles. The Bertz CT molecular complexity index is 1190. The van der Waals surface area contributed by atoms with Crippen LogP contribution in [0.3, 0.4) is 0 Å². The first kappa shape index (κ1) is 18.4. The number of carbonyl (C=O) groups is 1. The van der Waals surface area contributed by atoms with Gasteiger partial charge in [-0.1, -0.05) is 60.2 Å². The van der Waals surface area contributed by atoms with Crippen LogP contribution in [0, 0.1) is 6.92 Å². The third-order valence-electron chi connectivity index (χ3n) is 4.68. The second kappa shape index (κ2) is 7.98. The van der Waals surface area contributed by atoms with Gasteiger partial charge in [0.05, 0.1) is 19.0 Å². The Balaban J connectivity index is 1.53. The van der Waals surface area contributed by atoms with Crippen LogP contribution in [0.1, 0.15) is 21.6 Å². The number of H-pyrrole nitrogens is 1. The van der Waals surface area contributed by atoms with Crippen molar-refractivity contribution < 1.29 is 9.53 Å². The first-order valence-corrected chi connectivity index (χ1v) is 9.17. The number of hydrazone groups is 1. The van der Waals surface area contributed by atoms with Gasteiger partial charge in [-0.3, -0.25) is 9.89 Å². The van der Waals surface area contributed by atoms with Crippen molar-refractivity contribution >= 4 is 22.9 Å². The lowest BCUT2D eigenvalue weighted by atomic mass is 10.0. The number of rotatable bonds is 5. The van der Waals surface area contributed by atoms with E-state index in [1.165, 1.54) is 5.56 Å². The lowest BCUT2D eigenvalue weighted by molar-refractivity contribution is 0.0950. The smallest absolute Gasteiger partial charge is 0.289 e. The molecule has 0 aliphatic heterocycles. The summed E-state index contributed by atoms with van der Waals surface area (Å²) in [5, 5.41) is 13.2. The summed E-state index contributed by atoms with van der Waals surface area (Å²) >= 11 is 0. The Labute approximate surface area is 168 Å². The van der Waals surface area contributed by atoms with Crippen molar-refractivity contribution in [1.82, 2.24) is 15.6 Å². The molecule has 0 saturated carbocycles. The highest BCUT2D eigenvalue weighted by Gasteiger charge is 2.11. The molecule has 0 bridgehead atoms. The van der Waals surface area contributed by atoms with Crippen LogP contribution in [0.4, 0.5) is 0 Å². The number of ether oxygens (including phenoxy) is 1. The Morgan fingerprint density at radius 3 is 2.69 bits per heavy atom. The van der Waals surface area contributed by atoms with Crippen LogP contribution >= 0.6 is 0 Å². The van der Waals surface area contributed by atoms with Crippen molar-refractivity contribution in [2.45, 2.75) is 6.92 Å². The van der Waals surface area contributed by atoms with Crippen LogP contribution < -0.4 is 10.2 Å². The summed E-state index contributed by atoms with van der Waals surface area (Å²) in [5.74, 6) is 0.316. The molecule has 0 radical (unpaired) electrons. The molecule has 144 valence electrons. The summed E-state index contributed by atoms with van der Waals surface area (Å²) in [5.41, 5.74) is 6.49. The van der Waals surface area contributed by atoms with E-state index in [4.69, 9.17) is 4.74 Å². The highest BCUT2D eigenvalue weighted by atomic mass is 16.5. The normalized spacial score (nSPS) is 11.1. The Morgan fingerprint density at radius 2 is 1.90 bits per heavy atom. The minimum atomic E-state index is -0.369. The van der Waals surface area contributed by atoms with Crippen molar-refractivity contribution in [2.75, 3.05) is 7.11 Å². The van der Waals surface area contributed by atoms with Gasteiger partial charge in [0.25, 0.3) is 5.91 Å². The zero-order chi connectivity index (χ0) is 20.2. The van der Waals surface area contributed by atoms with E-state index in [1.807, 2.05) is 67.6 Å². The number of fused-ring (bicyclic) bond motifs is 1. The van der Waals surface area contributed by atoms with E-state index >= 15 is 0 Å². The van der Waals surface area contributed by atoms with Gasteiger partial charge in [0, 0.05) is 11.1 Å². The molecule has 2 N–H and O–H groups in total. The SMILES string of the molecule is COc1ccc2ccccc2c1C=NNC(=O)c1cc(-c2ccc(C)cc2)n[nH]1. The number of hydrogen-bond acceptors (Lipinski definition) is 4. The molecule has 0 unspecified atom stereocenters. The molecule has 29 heavy (non-hydrogen) atoms. The van der Waals surface area contributed by atoms with Crippen molar-refractivity contribution in [2.24, 2.45) is 5.10 Å². The van der Waals surface area contributed by atoms with E-state index in [1.54, 1.807) is 19.4 Å². The molecule has 3 aromatic carbocycles. The number of methoxy groups -OCH3 is 1. The largest absolute Gasteiger partial charge is 0.496 e. The van der Waals surface area contributed by atoms with E-state index < -0.39 is 0 Å². The highest BCUT2D eigenvalue weighted by molar-refractivity contribution is 6.03. The fourth-order valence-electron chi connectivity index (χ4n) is 3.11. The highest BCUT2D eigenvalue weighted by Crippen LogP contribution is 2.26. The minimum Gasteiger partial charge on any atom is -0.496 e. The van der Waals surface area contributed by atoms with Gasteiger partial charge >= 0.3 is 0 Å². The standard InChI is InChI=1S/C23H20N4O2/c1-15-7-9-17(10-8-15)20-13-21(26-25-20)23(28)27-24-14-19-18-6-4-3-5-16(18)11-12-22(19)29-2/h3-14H,1-2H3,(H,25,26)(H,27,28). The molecule has 0 aliphatic carbocycles. The number of hydrogen-bond donors (Lipinski definition) is 2. The molecule has 0 saturated heterocycles. The molecule has 4 rings (SSSR count). The van der Waals surface area contributed by atoms with E-state index in [0.717, 1.165) is 21.9 Å². The van der Waals surface area contributed by atoms with Crippen LogP contribution in [0.15, 0.2) is 71.8 Å². The summed E-state index contributed by atoms with van der Waals surface area (Å²) in [6.45, 7) is 2.02. The zero-order valence-electron chi connectivity index (χ0n) is 16.1. The zero-order valence-corrected chi connectivity index (χ0v) is 16.1. The molecule has 6 heteroatoms. The maximum absolute atomic E-state index is 12.4. The van der Waals surface area contributed by atoms with Gasteiger partial charge < -0.3 is 4.74 Å². The summed E-state index contributed by atoms with van der Waals surface area (Å²) in [4.78, 5) is 12.4.